The van der Waals surface area contributed by atoms with E-state index >= 15 is 0 Å². The lowest BCUT2D eigenvalue weighted by Crippen LogP contribution is -2.04. The number of fused-ring (bicyclic) bond motifs is 12. The van der Waals surface area contributed by atoms with E-state index in [4.69, 9.17) is 15.0 Å². The zero-order valence-corrected chi connectivity index (χ0v) is 37.8. The van der Waals surface area contributed by atoms with Gasteiger partial charge in [0.05, 0.1) is 0 Å². The molecule has 14 rings (SSSR count). The number of benzene rings is 11. The van der Waals surface area contributed by atoms with Crippen LogP contribution in [0.25, 0.3) is 120 Å². The van der Waals surface area contributed by atoms with Gasteiger partial charge in [-0.25, -0.2) is 15.0 Å². The fourth-order valence-electron chi connectivity index (χ4n) is 11.0. The summed E-state index contributed by atoms with van der Waals surface area (Å²) < 4.78 is 2.52. The topological polar surface area (TPSA) is 38.7 Å². The Hall–Kier alpha value is -8.31. The summed E-state index contributed by atoms with van der Waals surface area (Å²) in [5, 5.41) is 12.3. The van der Waals surface area contributed by atoms with Gasteiger partial charge < -0.3 is 0 Å². The predicted molar refractivity (Wildman–Crippen MR) is 287 cm³/mol. The van der Waals surface area contributed by atoms with Gasteiger partial charge in [-0.2, -0.15) is 0 Å². The Balaban J connectivity index is 1.01. The van der Waals surface area contributed by atoms with Gasteiger partial charge in [0, 0.05) is 42.8 Å². The normalized spacial score (nSPS) is 13.6. The SMILES string of the molecule is c1ccc(-c2ccc(-c3nc(-c4ccc5c(ccc6ccccc65)c4)nc(-c4cc(C5CCc6cc7ccccc7cc6-c6ccccc65)cc5sc6c7ccccc7ccc6c45)n3)cc2)cc1. The molecule has 0 amide bonds. The maximum Gasteiger partial charge on any atom is 0.164 e. The van der Waals surface area contributed by atoms with Crippen LogP contribution in [0.5, 0.6) is 0 Å². The van der Waals surface area contributed by atoms with Crippen molar-refractivity contribution in [1.82, 2.24) is 15.0 Å². The fourth-order valence-corrected chi connectivity index (χ4v) is 12.3. The number of thiophene rings is 1. The van der Waals surface area contributed by atoms with Crippen molar-refractivity contribution < 1.29 is 0 Å². The van der Waals surface area contributed by atoms with E-state index < -0.39 is 0 Å². The average Bonchev–Trinajstić information content (AvgIpc) is 3.72. The first-order valence-electron chi connectivity index (χ1n) is 23.5. The van der Waals surface area contributed by atoms with Crippen LogP contribution in [-0.4, -0.2) is 15.0 Å². The van der Waals surface area contributed by atoms with E-state index in [0.717, 1.165) is 40.5 Å². The largest absolute Gasteiger partial charge is 0.208 e. The van der Waals surface area contributed by atoms with Gasteiger partial charge in [0.2, 0.25) is 0 Å². The molecule has 0 bridgehead atoms. The minimum Gasteiger partial charge on any atom is -0.208 e. The van der Waals surface area contributed by atoms with Crippen molar-refractivity contribution in [3.05, 3.63) is 235 Å². The number of nitrogens with zero attached hydrogens (tertiary/aromatic N) is 3. The van der Waals surface area contributed by atoms with Gasteiger partial charge in [0.25, 0.3) is 0 Å². The molecule has 13 aromatic rings. The van der Waals surface area contributed by atoms with Gasteiger partial charge in [-0.15, -0.1) is 11.3 Å². The highest BCUT2D eigenvalue weighted by atomic mass is 32.1. The average molecular weight is 884 g/mol. The number of aromatic nitrogens is 3. The van der Waals surface area contributed by atoms with Crippen LogP contribution in [0.4, 0.5) is 0 Å². The van der Waals surface area contributed by atoms with Crippen molar-refractivity contribution in [1.29, 1.82) is 0 Å². The van der Waals surface area contributed by atoms with E-state index in [-0.39, 0.29) is 5.92 Å². The fraction of sp³-hybridized carbons (Fsp3) is 0.0469. The Kier molecular flexibility index (Phi) is 8.96. The second-order valence-corrected chi connectivity index (χ2v) is 19.3. The summed E-state index contributed by atoms with van der Waals surface area (Å²) in [4.78, 5) is 16.3. The smallest absolute Gasteiger partial charge is 0.164 e. The van der Waals surface area contributed by atoms with Gasteiger partial charge in [0.15, 0.2) is 17.5 Å². The monoisotopic (exact) mass is 883 g/mol. The number of rotatable bonds is 5. The molecule has 0 saturated carbocycles. The van der Waals surface area contributed by atoms with Crippen molar-refractivity contribution >= 4 is 74.6 Å². The van der Waals surface area contributed by atoms with E-state index in [2.05, 4.69) is 218 Å². The van der Waals surface area contributed by atoms with Crippen molar-refractivity contribution in [3.63, 3.8) is 0 Å². The summed E-state index contributed by atoms with van der Waals surface area (Å²) in [5.41, 5.74) is 11.9. The van der Waals surface area contributed by atoms with Crippen molar-refractivity contribution in [2.75, 3.05) is 0 Å². The summed E-state index contributed by atoms with van der Waals surface area (Å²) >= 11 is 1.89. The lowest BCUT2D eigenvalue weighted by Gasteiger charge is -2.20. The van der Waals surface area contributed by atoms with E-state index in [1.165, 1.54) is 91.3 Å². The zero-order chi connectivity index (χ0) is 44.7. The molecule has 0 aliphatic heterocycles. The number of aryl methyl sites for hydroxylation is 1. The first kappa shape index (κ1) is 38.9. The third-order valence-corrected chi connectivity index (χ3v) is 15.5. The molecule has 0 spiro atoms. The maximum absolute atomic E-state index is 5.53. The van der Waals surface area contributed by atoms with Gasteiger partial charge in [0.1, 0.15) is 0 Å². The third kappa shape index (κ3) is 6.44. The quantitative estimate of drug-likeness (QED) is 0.162. The van der Waals surface area contributed by atoms with E-state index in [1.807, 2.05) is 11.3 Å². The number of hydrogen-bond donors (Lipinski definition) is 0. The molecule has 2 heterocycles. The minimum absolute atomic E-state index is 0.147. The first-order chi connectivity index (χ1) is 33.7. The molecule has 318 valence electrons. The van der Waals surface area contributed by atoms with Crippen LogP contribution in [0.1, 0.15) is 29.0 Å². The van der Waals surface area contributed by atoms with Gasteiger partial charge in [-0.1, -0.05) is 194 Å². The van der Waals surface area contributed by atoms with Crippen LogP contribution in [0.2, 0.25) is 0 Å². The van der Waals surface area contributed by atoms with Crippen molar-refractivity contribution in [2.24, 2.45) is 0 Å². The molecular formula is C64H41N3S. The molecule has 1 unspecified atom stereocenters. The molecule has 2 aromatic heterocycles. The van der Waals surface area contributed by atoms with Gasteiger partial charge >= 0.3 is 0 Å². The molecule has 0 N–H and O–H groups in total. The molecule has 1 aliphatic carbocycles. The summed E-state index contributed by atoms with van der Waals surface area (Å²) in [6.07, 6.45) is 1.95. The third-order valence-electron chi connectivity index (χ3n) is 14.3. The zero-order valence-electron chi connectivity index (χ0n) is 37.0. The molecule has 0 fully saturated rings. The maximum atomic E-state index is 5.53. The van der Waals surface area contributed by atoms with Crippen LogP contribution in [-0.2, 0) is 6.42 Å². The molecular weight excluding hydrogens is 843 g/mol. The van der Waals surface area contributed by atoms with E-state index in [9.17, 15) is 0 Å². The predicted octanol–water partition coefficient (Wildman–Crippen LogP) is 17.3. The second kappa shape index (κ2) is 15.7. The highest BCUT2D eigenvalue weighted by molar-refractivity contribution is 7.26. The van der Waals surface area contributed by atoms with Gasteiger partial charge in [-0.05, 0) is 119 Å². The summed E-state index contributed by atoms with van der Waals surface area (Å²) in [5.74, 6) is 2.12. The molecule has 1 aliphatic rings. The Morgan fingerprint density at radius 2 is 0.956 bits per heavy atom. The van der Waals surface area contributed by atoms with Crippen LogP contribution >= 0.6 is 11.3 Å². The lowest BCUT2D eigenvalue weighted by molar-refractivity contribution is 0.727. The molecule has 0 radical (unpaired) electrons. The highest BCUT2D eigenvalue weighted by Gasteiger charge is 2.27. The minimum atomic E-state index is 0.147. The summed E-state index contributed by atoms with van der Waals surface area (Å²) in [6.45, 7) is 0. The van der Waals surface area contributed by atoms with E-state index in [0.29, 0.717) is 17.5 Å². The van der Waals surface area contributed by atoms with E-state index in [1.54, 1.807) is 0 Å². The Morgan fingerprint density at radius 1 is 0.368 bits per heavy atom. The summed E-state index contributed by atoms with van der Waals surface area (Å²) in [7, 11) is 0. The Morgan fingerprint density at radius 3 is 1.79 bits per heavy atom. The second-order valence-electron chi connectivity index (χ2n) is 18.2. The highest BCUT2D eigenvalue weighted by Crippen LogP contribution is 2.48. The molecule has 3 nitrogen and oxygen atoms in total. The van der Waals surface area contributed by atoms with Crippen molar-refractivity contribution in [2.45, 2.75) is 18.8 Å². The Bertz CT molecular complexity index is 4150. The Labute approximate surface area is 397 Å². The van der Waals surface area contributed by atoms with Crippen LogP contribution in [0.15, 0.2) is 218 Å². The molecule has 68 heavy (non-hydrogen) atoms. The van der Waals surface area contributed by atoms with Gasteiger partial charge in [-0.3, -0.25) is 0 Å². The van der Waals surface area contributed by atoms with Crippen LogP contribution < -0.4 is 0 Å². The first-order valence-corrected chi connectivity index (χ1v) is 24.3. The molecule has 4 heteroatoms. The standard InChI is InChI=1S/C64H41N3S/c1-2-12-39(13-3-1)40-22-25-43(26-23-40)62-65-63(48-30-32-51-46(35-48)27-24-41-14-6-8-18-50(41)51)67-64(66-62)58-37-49(38-59-60(58)56-33-28-42-15-7-9-19-53(42)61(56)68-59)52-31-29-47-34-44-16-4-5-17-45(44)36-57(47)55-21-11-10-20-54(52)55/h1-28,30,32-38,52H,29,31H2. The molecule has 1 atom stereocenters. The molecule has 0 saturated heterocycles. The summed E-state index contributed by atoms with van der Waals surface area (Å²) in [6, 6.07) is 79.8. The van der Waals surface area contributed by atoms with Crippen molar-refractivity contribution in [3.8, 4) is 56.4 Å². The van der Waals surface area contributed by atoms with Crippen LogP contribution in [0.3, 0.4) is 0 Å². The lowest BCUT2D eigenvalue weighted by atomic mass is 9.84. The number of hydrogen-bond acceptors (Lipinski definition) is 4. The van der Waals surface area contributed by atoms with Crippen LogP contribution in [0, 0.1) is 0 Å². The molecule has 11 aromatic carbocycles.